The van der Waals surface area contributed by atoms with E-state index in [1.807, 2.05) is 31.2 Å². The van der Waals surface area contributed by atoms with E-state index in [4.69, 9.17) is 16.0 Å². The average molecular weight is 455 g/mol. The molecule has 0 saturated carbocycles. The number of aryl methyl sites for hydroxylation is 1. The fourth-order valence-electron chi connectivity index (χ4n) is 3.11. The molecule has 1 aliphatic heterocycles. The lowest BCUT2D eigenvalue weighted by Gasteiger charge is -2.14. The second kappa shape index (κ2) is 8.41. The number of amides is 2. The molecule has 156 valence electrons. The van der Waals surface area contributed by atoms with Crippen LogP contribution in [-0.4, -0.2) is 21.0 Å². The van der Waals surface area contributed by atoms with Gasteiger partial charge < -0.3 is 4.42 Å². The molecule has 0 N–H and O–H groups in total. The normalized spacial score (nSPS) is 15.2. The number of rotatable bonds is 5. The Morgan fingerprint density at radius 2 is 1.94 bits per heavy atom. The molecule has 0 unspecified atom stereocenters. The van der Waals surface area contributed by atoms with Gasteiger partial charge in [-0.15, -0.1) is 0 Å². The molecule has 0 spiro atoms. The van der Waals surface area contributed by atoms with Gasteiger partial charge in [0.1, 0.15) is 16.5 Å². The smallest absolute Gasteiger partial charge is 0.293 e. The summed E-state index contributed by atoms with van der Waals surface area (Å²) in [6.07, 6.45) is 1.50. The first kappa shape index (κ1) is 20.9. The van der Waals surface area contributed by atoms with Crippen molar-refractivity contribution >= 4 is 46.3 Å². The highest BCUT2D eigenvalue weighted by molar-refractivity contribution is 8.18. The molecule has 2 aromatic carbocycles. The highest BCUT2D eigenvalue weighted by Crippen LogP contribution is 2.35. The van der Waals surface area contributed by atoms with Crippen LogP contribution >= 0.6 is 23.4 Å². The van der Waals surface area contributed by atoms with Gasteiger partial charge in [-0.2, -0.15) is 0 Å². The molecule has 4 rings (SSSR count). The lowest BCUT2D eigenvalue weighted by molar-refractivity contribution is -0.384. The average Bonchev–Trinajstić information content (AvgIpc) is 3.30. The Hall–Kier alpha value is -3.36. The van der Waals surface area contributed by atoms with E-state index in [0.717, 1.165) is 22.9 Å². The molecule has 0 atom stereocenters. The van der Waals surface area contributed by atoms with Crippen molar-refractivity contribution in [1.29, 1.82) is 0 Å². The zero-order chi connectivity index (χ0) is 22.1. The summed E-state index contributed by atoms with van der Waals surface area (Å²) in [7, 11) is 0. The molecule has 7 nitrogen and oxygen atoms in total. The summed E-state index contributed by atoms with van der Waals surface area (Å²) in [4.78, 5) is 37.1. The van der Waals surface area contributed by atoms with Crippen molar-refractivity contribution in [2.75, 3.05) is 0 Å². The van der Waals surface area contributed by atoms with E-state index in [-0.39, 0.29) is 27.4 Å². The molecule has 2 amide bonds. The Morgan fingerprint density at radius 1 is 1.16 bits per heavy atom. The van der Waals surface area contributed by atoms with Crippen LogP contribution in [0.4, 0.5) is 10.5 Å². The van der Waals surface area contributed by atoms with Crippen molar-refractivity contribution < 1.29 is 18.9 Å². The van der Waals surface area contributed by atoms with Gasteiger partial charge in [0.15, 0.2) is 0 Å². The van der Waals surface area contributed by atoms with E-state index in [1.54, 1.807) is 18.2 Å². The second-order valence-corrected chi connectivity index (χ2v) is 8.22. The summed E-state index contributed by atoms with van der Waals surface area (Å²) in [6, 6.07) is 15.2. The first-order valence-corrected chi connectivity index (χ1v) is 10.4. The minimum absolute atomic E-state index is 0.0304. The predicted molar refractivity (Wildman–Crippen MR) is 119 cm³/mol. The van der Waals surface area contributed by atoms with Crippen molar-refractivity contribution in [1.82, 2.24) is 4.90 Å². The number of halogens is 1. The highest BCUT2D eigenvalue weighted by Gasteiger charge is 2.35. The number of carbonyl (C=O) groups is 2. The number of imide groups is 1. The number of nitrogens with zero attached hydrogens (tertiary/aromatic N) is 2. The summed E-state index contributed by atoms with van der Waals surface area (Å²) in [6.45, 7) is 2.13. The van der Waals surface area contributed by atoms with Gasteiger partial charge in [0.25, 0.3) is 16.8 Å². The highest BCUT2D eigenvalue weighted by atomic mass is 35.5. The largest absolute Gasteiger partial charge is 0.457 e. The first-order chi connectivity index (χ1) is 14.8. The molecule has 1 aromatic heterocycles. The fourth-order valence-corrected chi connectivity index (χ4v) is 4.12. The van der Waals surface area contributed by atoms with Crippen LogP contribution in [0.5, 0.6) is 0 Å². The molecule has 31 heavy (non-hydrogen) atoms. The molecule has 3 aromatic rings. The number of nitro groups is 1. The van der Waals surface area contributed by atoms with Gasteiger partial charge in [0.05, 0.1) is 16.4 Å². The van der Waals surface area contributed by atoms with Crippen LogP contribution in [0.25, 0.3) is 17.4 Å². The van der Waals surface area contributed by atoms with Crippen LogP contribution in [0.15, 0.2) is 63.9 Å². The maximum atomic E-state index is 12.8. The number of nitro benzene ring substituents is 1. The zero-order valence-electron chi connectivity index (χ0n) is 16.2. The van der Waals surface area contributed by atoms with Crippen molar-refractivity contribution in [2.24, 2.45) is 0 Å². The molecule has 0 bridgehead atoms. The number of furan rings is 1. The molecule has 1 saturated heterocycles. The lowest BCUT2D eigenvalue weighted by atomic mass is 10.1. The van der Waals surface area contributed by atoms with Gasteiger partial charge in [0, 0.05) is 17.7 Å². The quantitative estimate of drug-likeness (QED) is 0.264. The summed E-state index contributed by atoms with van der Waals surface area (Å²) in [5, 5.41) is 10.8. The van der Waals surface area contributed by atoms with Crippen LogP contribution in [0.1, 0.15) is 16.9 Å². The van der Waals surface area contributed by atoms with Gasteiger partial charge in [-0.25, -0.2) is 0 Å². The number of thioether (sulfide) groups is 1. The zero-order valence-corrected chi connectivity index (χ0v) is 17.8. The van der Waals surface area contributed by atoms with Gasteiger partial charge in [0.2, 0.25) is 0 Å². The van der Waals surface area contributed by atoms with Crippen molar-refractivity contribution in [3.05, 3.63) is 91.5 Å². The second-order valence-electron chi connectivity index (χ2n) is 6.82. The fraction of sp³-hybridized carbons (Fsp3) is 0.0909. The Balaban J connectivity index is 1.56. The van der Waals surface area contributed by atoms with Crippen LogP contribution < -0.4 is 0 Å². The van der Waals surface area contributed by atoms with E-state index < -0.39 is 10.8 Å². The molecule has 0 aliphatic carbocycles. The standard InChI is InChI=1S/C22H15ClN2O5S/c1-13-4-2-3-5-15(13)12-24-21(26)20(31-22(24)27)11-16-7-9-19(30-16)14-6-8-17(23)18(10-14)25(28)29/h2-11H,12H2,1H3/b20-11-. The van der Waals surface area contributed by atoms with Gasteiger partial charge >= 0.3 is 0 Å². The molecule has 2 heterocycles. The van der Waals surface area contributed by atoms with E-state index in [1.165, 1.54) is 23.1 Å². The van der Waals surface area contributed by atoms with Gasteiger partial charge in [-0.05, 0) is 54.1 Å². The SMILES string of the molecule is Cc1ccccc1CN1C(=O)S/C(=C\c2ccc(-c3ccc(Cl)c([N+](=O)[O-])c3)o2)C1=O. The van der Waals surface area contributed by atoms with Crippen molar-refractivity contribution in [2.45, 2.75) is 13.5 Å². The van der Waals surface area contributed by atoms with Crippen LogP contribution in [-0.2, 0) is 11.3 Å². The summed E-state index contributed by atoms with van der Waals surface area (Å²) in [5.74, 6) is 0.345. The van der Waals surface area contributed by atoms with E-state index in [2.05, 4.69) is 0 Å². The maximum Gasteiger partial charge on any atom is 0.293 e. The summed E-state index contributed by atoms with van der Waals surface area (Å²) >= 11 is 6.70. The Kier molecular flexibility index (Phi) is 5.67. The summed E-state index contributed by atoms with van der Waals surface area (Å²) in [5.41, 5.74) is 2.15. The maximum absolute atomic E-state index is 12.8. The topological polar surface area (TPSA) is 93.7 Å². The van der Waals surface area contributed by atoms with Crippen molar-refractivity contribution in [3.63, 3.8) is 0 Å². The number of carbonyl (C=O) groups excluding carboxylic acids is 2. The molecule has 9 heteroatoms. The molecule has 0 radical (unpaired) electrons. The van der Waals surface area contributed by atoms with Crippen LogP contribution in [0, 0.1) is 17.0 Å². The minimum Gasteiger partial charge on any atom is -0.457 e. The third-order valence-electron chi connectivity index (χ3n) is 4.79. The Morgan fingerprint density at radius 3 is 2.68 bits per heavy atom. The van der Waals surface area contributed by atoms with E-state index in [0.29, 0.717) is 17.1 Å². The molecular weight excluding hydrogens is 440 g/mol. The lowest BCUT2D eigenvalue weighted by Crippen LogP contribution is -2.27. The third kappa shape index (κ3) is 4.26. The number of hydrogen-bond donors (Lipinski definition) is 0. The van der Waals surface area contributed by atoms with Crippen molar-refractivity contribution in [3.8, 4) is 11.3 Å². The number of hydrogen-bond acceptors (Lipinski definition) is 6. The Bertz CT molecular complexity index is 1250. The number of benzene rings is 2. The van der Waals surface area contributed by atoms with E-state index in [9.17, 15) is 19.7 Å². The molecule has 1 fully saturated rings. The summed E-state index contributed by atoms with van der Waals surface area (Å²) < 4.78 is 5.73. The molecule has 1 aliphatic rings. The minimum atomic E-state index is -0.569. The van der Waals surface area contributed by atoms with Gasteiger partial charge in [-0.1, -0.05) is 35.9 Å². The van der Waals surface area contributed by atoms with Crippen LogP contribution in [0.3, 0.4) is 0 Å². The monoisotopic (exact) mass is 454 g/mol. The van der Waals surface area contributed by atoms with Gasteiger partial charge in [-0.3, -0.25) is 24.6 Å². The molecular formula is C22H15ClN2O5S. The van der Waals surface area contributed by atoms with E-state index >= 15 is 0 Å². The predicted octanol–water partition coefficient (Wildman–Crippen LogP) is 6.05. The first-order valence-electron chi connectivity index (χ1n) is 9.17. The Labute approximate surface area is 186 Å². The third-order valence-corrected chi connectivity index (χ3v) is 6.02. The van der Waals surface area contributed by atoms with Crippen LogP contribution in [0.2, 0.25) is 5.02 Å².